The predicted octanol–water partition coefficient (Wildman–Crippen LogP) is 2.72. The van der Waals surface area contributed by atoms with Gasteiger partial charge >= 0.3 is 0 Å². The molecule has 88 valence electrons. The van der Waals surface area contributed by atoms with Crippen LogP contribution in [-0.4, -0.2) is 25.8 Å². The number of methoxy groups -OCH3 is 1. The molecule has 0 saturated heterocycles. The van der Waals surface area contributed by atoms with Crippen molar-refractivity contribution in [2.75, 3.05) is 13.7 Å². The van der Waals surface area contributed by atoms with E-state index in [0.29, 0.717) is 6.04 Å². The van der Waals surface area contributed by atoms with Crippen molar-refractivity contribution < 1.29 is 4.74 Å². The maximum absolute atomic E-state index is 5.32. The van der Waals surface area contributed by atoms with Crippen LogP contribution in [0.25, 0.3) is 0 Å². The summed E-state index contributed by atoms with van der Waals surface area (Å²) in [5, 5.41) is 3.83. The van der Waals surface area contributed by atoms with Crippen LogP contribution < -0.4 is 5.32 Å². The molecule has 0 aromatic carbocycles. The van der Waals surface area contributed by atoms with E-state index in [9.17, 15) is 0 Å². The summed E-state index contributed by atoms with van der Waals surface area (Å²) in [6.45, 7) is 0.904. The molecular weight excluding hydrogens is 186 g/mol. The van der Waals surface area contributed by atoms with Crippen LogP contribution in [0.5, 0.6) is 0 Å². The fraction of sp³-hybridized carbons (Fsp3) is 1.00. The lowest BCUT2D eigenvalue weighted by Gasteiger charge is -2.24. The van der Waals surface area contributed by atoms with Gasteiger partial charge in [0.2, 0.25) is 0 Å². The van der Waals surface area contributed by atoms with Crippen LogP contribution >= 0.6 is 0 Å². The van der Waals surface area contributed by atoms with Crippen molar-refractivity contribution in [2.45, 2.75) is 63.5 Å². The highest BCUT2D eigenvalue weighted by Crippen LogP contribution is 2.33. The van der Waals surface area contributed by atoms with Gasteiger partial charge in [-0.2, -0.15) is 0 Å². The Balaban J connectivity index is 1.75. The number of hydrogen-bond acceptors (Lipinski definition) is 2. The van der Waals surface area contributed by atoms with Gasteiger partial charge in [-0.25, -0.2) is 0 Å². The fourth-order valence-electron chi connectivity index (χ4n) is 2.75. The lowest BCUT2D eigenvalue weighted by atomic mass is 10.1. The molecular formula is C13H25NO. The van der Waals surface area contributed by atoms with E-state index < -0.39 is 0 Å². The largest absolute Gasteiger partial charge is 0.383 e. The van der Waals surface area contributed by atoms with Gasteiger partial charge in [0.05, 0.1) is 6.61 Å². The minimum atomic E-state index is 0.637. The molecule has 1 atom stereocenters. The van der Waals surface area contributed by atoms with E-state index in [1.807, 2.05) is 7.11 Å². The van der Waals surface area contributed by atoms with Crippen molar-refractivity contribution >= 4 is 0 Å². The molecule has 2 saturated carbocycles. The molecule has 15 heavy (non-hydrogen) atoms. The van der Waals surface area contributed by atoms with Gasteiger partial charge in [0.25, 0.3) is 0 Å². The number of ether oxygens (including phenoxy) is 1. The summed E-state index contributed by atoms with van der Waals surface area (Å²) in [7, 11) is 1.82. The molecule has 2 rings (SSSR count). The van der Waals surface area contributed by atoms with E-state index in [1.54, 1.807) is 0 Å². The summed E-state index contributed by atoms with van der Waals surface area (Å²) in [5.41, 5.74) is 0. The van der Waals surface area contributed by atoms with Gasteiger partial charge in [0.15, 0.2) is 0 Å². The molecule has 0 heterocycles. The van der Waals surface area contributed by atoms with Crippen LogP contribution in [0.2, 0.25) is 0 Å². The molecule has 2 nitrogen and oxygen atoms in total. The summed E-state index contributed by atoms with van der Waals surface area (Å²) < 4.78 is 5.32. The summed E-state index contributed by atoms with van der Waals surface area (Å²) in [6, 6.07) is 1.41. The smallest absolute Gasteiger partial charge is 0.0618 e. The van der Waals surface area contributed by atoms with Gasteiger partial charge < -0.3 is 10.1 Å². The number of nitrogens with one attached hydrogen (secondary N) is 1. The molecule has 0 radical (unpaired) electrons. The van der Waals surface area contributed by atoms with Crippen molar-refractivity contribution in [3.05, 3.63) is 0 Å². The van der Waals surface area contributed by atoms with Gasteiger partial charge in [-0.15, -0.1) is 0 Å². The van der Waals surface area contributed by atoms with Crippen LogP contribution in [-0.2, 0) is 4.74 Å². The van der Waals surface area contributed by atoms with E-state index in [2.05, 4.69) is 5.32 Å². The van der Waals surface area contributed by atoms with Crippen molar-refractivity contribution in [2.24, 2.45) is 5.92 Å². The second-order valence-electron chi connectivity index (χ2n) is 5.25. The molecule has 0 spiro atoms. The fourth-order valence-corrected chi connectivity index (χ4v) is 2.75. The zero-order valence-corrected chi connectivity index (χ0v) is 10.0. The molecule has 2 aliphatic carbocycles. The number of rotatable bonds is 5. The Morgan fingerprint density at radius 3 is 2.27 bits per heavy atom. The highest BCUT2D eigenvalue weighted by molar-refractivity contribution is 4.88. The Hall–Kier alpha value is -0.0800. The zero-order chi connectivity index (χ0) is 10.5. The van der Waals surface area contributed by atoms with Gasteiger partial charge in [-0.3, -0.25) is 0 Å². The van der Waals surface area contributed by atoms with Crippen molar-refractivity contribution in [1.29, 1.82) is 0 Å². The third kappa shape index (κ3) is 3.76. The quantitative estimate of drug-likeness (QED) is 0.706. The van der Waals surface area contributed by atoms with E-state index in [-0.39, 0.29) is 0 Å². The SMILES string of the molecule is COCC(NC1CCCCCC1)C1CC1. The molecule has 0 aromatic rings. The van der Waals surface area contributed by atoms with Crippen LogP contribution in [0.3, 0.4) is 0 Å². The first-order valence-electron chi connectivity index (χ1n) is 6.65. The number of hydrogen-bond donors (Lipinski definition) is 1. The monoisotopic (exact) mass is 211 g/mol. The first kappa shape index (κ1) is 11.4. The molecule has 1 N–H and O–H groups in total. The molecule has 0 amide bonds. The van der Waals surface area contributed by atoms with E-state index in [1.165, 1.54) is 51.4 Å². The van der Waals surface area contributed by atoms with Gasteiger partial charge in [0, 0.05) is 19.2 Å². The minimum absolute atomic E-state index is 0.637. The van der Waals surface area contributed by atoms with Crippen LogP contribution in [0.1, 0.15) is 51.4 Å². The lowest BCUT2D eigenvalue weighted by Crippen LogP contribution is -2.42. The van der Waals surface area contributed by atoms with Crippen molar-refractivity contribution in [3.8, 4) is 0 Å². The molecule has 1 unspecified atom stereocenters. The molecule has 0 aromatic heterocycles. The third-order valence-electron chi connectivity index (χ3n) is 3.84. The maximum Gasteiger partial charge on any atom is 0.0618 e. The van der Waals surface area contributed by atoms with Crippen molar-refractivity contribution in [1.82, 2.24) is 5.32 Å². The summed E-state index contributed by atoms with van der Waals surface area (Å²) >= 11 is 0. The topological polar surface area (TPSA) is 21.3 Å². The first-order chi connectivity index (χ1) is 7.40. The van der Waals surface area contributed by atoms with Crippen LogP contribution in [0.4, 0.5) is 0 Å². The summed E-state index contributed by atoms with van der Waals surface area (Å²) in [6.07, 6.45) is 11.3. The Morgan fingerprint density at radius 1 is 1.07 bits per heavy atom. The lowest BCUT2D eigenvalue weighted by molar-refractivity contribution is 0.149. The normalized spacial score (nSPS) is 26.2. The zero-order valence-electron chi connectivity index (χ0n) is 10.0. The predicted molar refractivity (Wildman–Crippen MR) is 63.0 cm³/mol. The molecule has 2 heteroatoms. The van der Waals surface area contributed by atoms with Crippen molar-refractivity contribution in [3.63, 3.8) is 0 Å². The second kappa shape index (κ2) is 5.86. The molecule has 2 aliphatic rings. The highest BCUT2D eigenvalue weighted by atomic mass is 16.5. The minimum Gasteiger partial charge on any atom is -0.383 e. The average Bonchev–Trinajstić information content (AvgIpc) is 3.05. The molecule has 0 bridgehead atoms. The Morgan fingerprint density at radius 2 is 1.73 bits per heavy atom. The van der Waals surface area contributed by atoms with E-state index in [0.717, 1.165) is 18.6 Å². The third-order valence-corrected chi connectivity index (χ3v) is 3.84. The van der Waals surface area contributed by atoms with Crippen LogP contribution in [0.15, 0.2) is 0 Å². The van der Waals surface area contributed by atoms with E-state index in [4.69, 9.17) is 4.74 Å². The van der Waals surface area contributed by atoms with Gasteiger partial charge in [0.1, 0.15) is 0 Å². The first-order valence-corrected chi connectivity index (χ1v) is 6.65. The summed E-state index contributed by atoms with van der Waals surface area (Å²) in [5.74, 6) is 0.910. The average molecular weight is 211 g/mol. The van der Waals surface area contributed by atoms with E-state index >= 15 is 0 Å². The molecule has 2 fully saturated rings. The van der Waals surface area contributed by atoms with Gasteiger partial charge in [-0.05, 0) is 31.6 Å². The van der Waals surface area contributed by atoms with Crippen LogP contribution in [0, 0.1) is 5.92 Å². The second-order valence-corrected chi connectivity index (χ2v) is 5.25. The van der Waals surface area contributed by atoms with Gasteiger partial charge in [-0.1, -0.05) is 25.7 Å². The molecule has 0 aliphatic heterocycles. The highest BCUT2D eigenvalue weighted by Gasteiger charge is 2.32. The Bertz CT molecular complexity index is 171. The maximum atomic E-state index is 5.32. The summed E-state index contributed by atoms with van der Waals surface area (Å²) in [4.78, 5) is 0. The standard InChI is InChI=1S/C13H25NO/c1-15-10-13(11-8-9-11)14-12-6-4-2-3-5-7-12/h11-14H,2-10H2,1H3. The Kier molecular flexibility index (Phi) is 4.45. The Labute approximate surface area is 93.8 Å².